The lowest BCUT2D eigenvalue weighted by Gasteiger charge is -2.16. The SMILES string of the molecule is Cc1nn(C2CCCC2)c2nc([C@@H]3CN(Cc4ccccc4)C[C@H]3C)[nH]c(=O)c12. The van der Waals surface area contributed by atoms with Crippen molar-refractivity contribution in [3.8, 4) is 0 Å². The van der Waals surface area contributed by atoms with Crippen molar-refractivity contribution >= 4 is 11.0 Å². The van der Waals surface area contributed by atoms with Gasteiger partial charge in [0, 0.05) is 25.6 Å². The van der Waals surface area contributed by atoms with E-state index in [9.17, 15) is 4.79 Å². The molecule has 1 aliphatic carbocycles. The number of fused-ring (bicyclic) bond motifs is 1. The third-order valence-electron chi connectivity index (χ3n) is 6.71. The molecule has 1 aromatic carbocycles. The summed E-state index contributed by atoms with van der Waals surface area (Å²) in [4.78, 5) is 23.5. The van der Waals surface area contributed by atoms with Crippen LogP contribution in [0.4, 0.5) is 0 Å². The van der Waals surface area contributed by atoms with E-state index in [2.05, 4.69) is 47.1 Å². The van der Waals surface area contributed by atoms with Gasteiger partial charge in [0.05, 0.1) is 11.7 Å². The Morgan fingerprint density at radius 2 is 1.90 bits per heavy atom. The molecule has 6 nitrogen and oxygen atoms in total. The number of nitrogens with zero attached hydrogens (tertiary/aromatic N) is 4. The normalized spacial score (nSPS) is 23.4. The number of hydrogen-bond acceptors (Lipinski definition) is 4. The molecule has 3 heterocycles. The molecule has 29 heavy (non-hydrogen) atoms. The third kappa shape index (κ3) is 3.39. The second kappa shape index (κ2) is 7.41. The van der Waals surface area contributed by atoms with Crippen LogP contribution in [0.1, 0.15) is 61.6 Å². The lowest BCUT2D eigenvalue weighted by atomic mass is 9.97. The van der Waals surface area contributed by atoms with Gasteiger partial charge in [-0.1, -0.05) is 50.1 Å². The molecule has 0 radical (unpaired) electrons. The third-order valence-corrected chi connectivity index (χ3v) is 6.71. The topological polar surface area (TPSA) is 66.8 Å². The zero-order valence-corrected chi connectivity index (χ0v) is 17.3. The van der Waals surface area contributed by atoms with Crippen LogP contribution in [-0.4, -0.2) is 37.7 Å². The molecule has 0 bridgehead atoms. The van der Waals surface area contributed by atoms with Gasteiger partial charge in [0.1, 0.15) is 11.2 Å². The van der Waals surface area contributed by atoms with Crippen molar-refractivity contribution in [2.45, 2.75) is 58.0 Å². The van der Waals surface area contributed by atoms with E-state index in [1.54, 1.807) is 0 Å². The van der Waals surface area contributed by atoms with Crippen molar-refractivity contribution in [2.75, 3.05) is 13.1 Å². The van der Waals surface area contributed by atoms with Gasteiger partial charge in [0.2, 0.25) is 0 Å². The zero-order chi connectivity index (χ0) is 20.0. The van der Waals surface area contributed by atoms with Crippen LogP contribution in [0.2, 0.25) is 0 Å². The monoisotopic (exact) mass is 391 g/mol. The van der Waals surface area contributed by atoms with E-state index in [4.69, 9.17) is 10.1 Å². The van der Waals surface area contributed by atoms with Crippen molar-refractivity contribution in [3.05, 3.63) is 57.8 Å². The van der Waals surface area contributed by atoms with E-state index in [0.717, 1.165) is 49.6 Å². The molecule has 1 aliphatic heterocycles. The molecular formula is C23H29N5O. The Morgan fingerprint density at radius 1 is 1.14 bits per heavy atom. The van der Waals surface area contributed by atoms with E-state index >= 15 is 0 Å². The maximum atomic E-state index is 12.9. The Morgan fingerprint density at radius 3 is 2.66 bits per heavy atom. The molecule has 2 aliphatic rings. The van der Waals surface area contributed by atoms with E-state index in [1.165, 1.54) is 18.4 Å². The van der Waals surface area contributed by atoms with E-state index in [-0.39, 0.29) is 11.5 Å². The lowest BCUT2D eigenvalue weighted by molar-refractivity contribution is 0.318. The van der Waals surface area contributed by atoms with Gasteiger partial charge in [0.15, 0.2) is 5.65 Å². The zero-order valence-electron chi connectivity index (χ0n) is 17.3. The summed E-state index contributed by atoms with van der Waals surface area (Å²) in [7, 11) is 0. The highest BCUT2D eigenvalue weighted by molar-refractivity contribution is 5.77. The second-order valence-electron chi connectivity index (χ2n) is 8.88. The summed E-state index contributed by atoms with van der Waals surface area (Å²) in [5, 5.41) is 5.37. The predicted octanol–water partition coefficient (Wildman–Crippen LogP) is 3.78. The summed E-state index contributed by atoms with van der Waals surface area (Å²) in [5.74, 6) is 1.51. The van der Waals surface area contributed by atoms with Crippen molar-refractivity contribution < 1.29 is 0 Å². The summed E-state index contributed by atoms with van der Waals surface area (Å²) in [5.41, 5.74) is 2.85. The Kier molecular flexibility index (Phi) is 4.74. The summed E-state index contributed by atoms with van der Waals surface area (Å²) >= 11 is 0. The fourth-order valence-corrected chi connectivity index (χ4v) is 5.20. The number of nitrogens with one attached hydrogen (secondary N) is 1. The predicted molar refractivity (Wildman–Crippen MR) is 114 cm³/mol. The highest BCUT2D eigenvalue weighted by atomic mass is 16.1. The Labute approximate surface area is 171 Å². The average molecular weight is 392 g/mol. The first kappa shape index (κ1) is 18.6. The molecule has 1 N–H and O–H groups in total. The maximum absolute atomic E-state index is 12.9. The van der Waals surface area contributed by atoms with Gasteiger partial charge in [0.25, 0.3) is 5.56 Å². The largest absolute Gasteiger partial charge is 0.310 e. The summed E-state index contributed by atoms with van der Waals surface area (Å²) in [6.45, 7) is 7.06. The molecule has 5 rings (SSSR count). The number of H-pyrrole nitrogens is 1. The van der Waals surface area contributed by atoms with Crippen molar-refractivity contribution in [3.63, 3.8) is 0 Å². The highest BCUT2D eigenvalue weighted by Gasteiger charge is 2.33. The van der Waals surface area contributed by atoms with Crippen LogP contribution in [0.25, 0.3) is 11.0 Å². The molecule has 3 aromatic rings. The molecule has 1 saturated heterocycles. The van der Waals surface area contributed by atoms with E-state index in [1.807, 2.05) is 11.6 Å². The molecule has 0 spiro atoms. The number of rotatable bonds is 4. The first-order valence-corrected chi connectivity index (χ1v) is 10.9. The lowest BCUT2D eigenvalue weighted by Crippen LogP contribution is -2.21. The summed E-state index contributed by atoms with van der Waals surface area (Å²) < 4.78 is 2.04. The van der Waals surface area contributed by atoms with Gasteiger partial charge in [-0.05, 0) is 31.2 Å². The van der Waals surface area contributed by atoms with Crippen LogP contribution in [0.15, 0.2) is 35.1 Å². The first-order chi connectivity index (χ1) is 14.1. The van der Waals surface area contributed by atoms with Gasteiger partial charge < -0.3 is 4.98 Å². The van der Waals surface area contributed by atoms with E-state index in [0.29, 0.717) is 17.3 Å². The molecule has 1 saturated carbocycles. The van der Waals surface area contributed by atoms with Crippen LogP contribution >= 0.6 is 0 Å². The number of aromatic amines is 1. The number of aromatic nitrogens is 4. The number of hydrogen-bond donors (Lipinski definition) is 1. The Bertz CT molecular complexity index is 1060. The van der Waals surface area contributed by atoms with Crippen molar-refractivity contribution in [2.24, 2.45) is 5.92 Å². The molecule has 152 valence electrons. The number of benzene rings is 1. The fraction of sp³-hybridized carbons (Fsp3) is 0.522. The van der Waals surface area contributed by atoms with Gasteiger partial charge in [-0.2, -0.15) is 5.10 Å². The fourth-order valence-electron chi connectivity index (χ4n) is 5.20. The minimum absolute atomic E-state index is 0.0412. The van der Waals surface area contributed by atoms with Crippen molar-refractivity contribution in [1.82, 2.24) is 24.6 Å². The molecule has 2 fully saturated rings. The quantitative estimate of drug-likeness (QED) is 0.735. The van der Waals surface area contributed by atoms with Gasteiger partial charge in [-0.15, -0.1) is 0 Å². The second-order valence-corrected chi connectivity index (χ2v) is 8.88. The maximum Gasteiger partial charge on any atom is 0.262 e. The minimum Gasteiger partial charge on any atom is -0.310 e. The summed E-state index contributed by atoms with van der Waals surface area (Å²) in [6, 6.07) is 11.0. The Hall–Kier alpha value is -2.47. The van der Waals surface area contributed by atoms with Crippen LogP contribution in [0.5, 0.6) is 0 Å². The van der Waals surface area contributed by atoms with Crippen LogP contribution < -0.4 is 5.56 Å². The molecule has 2 atom stereocenters. The molecular weight excluding hydrogens is 362 g/mol. The van der Waals surface area contributed by atoms with Crippen LogP contribution in [0, 0.1) is 12.8 Å². The highest BCUT2D eigenvalue weighted by Crippen LogP contribution is 2.34. The van der Waals surface area contributed by atoms with E-state index < -0.39 is 0 Å². The average Bonchev–Trinajstić information content (AvgIpc) is 3.42. The standard InChI is InChI=1S/C23H29N5O/c1-15-12-27(13-17-8-4-3-5-9-17)14-19(15)21-24-22-20(23(29)25-21)16(2)26-28(22)18-10-6-7-11-18/h3-5,8-9,15,18-19H,6-7,10-14H2,1-2H3,(H,24,25,29)/t15-,19-/m1/s1. The molecule has 0 unspecified atom stereocenters. The minimum atomic E-state index is -0.0412. The van der Waals surface area contributed by atoms with Crippen molar-refractivity contribution in [1.29, 1.82) is 0 Å². The molecule has 2 aromatic heterocycles. The van der Waals surface area contributed by atoms with Crippen LogP contribution in [-0.2, 0) is 6.54 Å². The smallest absolute Gasteiger partial charge is 0.262 e. The van der Waals surface area contributed by atoms with Gasteiger partial charge in [-0.3, -0.25) is 9.69 Å². The Balaban J connectivity index is 1.47. The first-order valence-electron chi connectivity index (χ1n) is 10.9. The number of aryl methyl sites for hydroxylation is 1. The van der Waals surface area contributed by atoms with Crippen LogP contribution in [0.3, 0.4) is 0 Å². The number of likely N-dealkylation sites (tertiary alicyclic amines) is 1. The van der Waals surface area contributed by atoms with Gasteiger partial charge >= 0.3 is 0 Å². The molecule has 6 heteroatoms. The summed E-state index contributed by atoms with van der Waals surface area (Å²) in [6.07, 6.45) is 4.72. The molecule has 0 amide bonds. The van der Waals surface area contributed by atoms with Gasteiger partial charge in [-0.25, -0.2) is 9.67 Å².